The lowest BCUT2D eigenvalue weighted by Crippen LogP contribution is -2.38. The maximum atomic E-state index is 5.86. The van der Waals surface area contributed by atoms with Crippen molar-refractivity contribution in [3.8, 4) is 5.75 Å². The molecular weight excluding hydrogens is 274 g/mol. The zero-order valence-corrected chi connectivity index (χ0v) is 13.5. The van der Waals surface area contributed by atoms with Gasteiger partial charge in [-0.15, -0.1) is 12.4 Å². The largest absolute Gasteiger partial charge is 0.492 e. The Kier molecular flexibility index (Phi) is 6.80. The average Bonchev–Trinajstić information content (AvgIpc) is 2.39. The number of hydrogen-bond acceptors (Lipinski definition) is 3. The van der Waals surface area contributed by atoms with Crippen molar-refractivity contribution in [2.75, 3.05) is 39.5 Å². The van der Waals surface area contributed by atoms with Crippen molar-refractivity contribution in [2.24, 2.45) is 0 Å². The third kappa shape index (κ3) is 5.31. The van der Waals surface area contributed by atoms with Crippen LogP contribution in [-0.2, 0) is 10.2 Å². The molecule has 2 rings (SSSR count). The maximum Gasteiger partial charge on any atom is 0.119 e. The highest BCUT2D eigenvalue weighted by molar-refractivity contribution is 5.85. The SMILES string of the molecule is CC(C)(C)c1cccc(OCCN2CCOCC2)c1.Cl. The van der Waals surface area contributed by atoms with Crippen LogP contribution in [0.3, 0.4) is 0 Å². The first-order valence-electron chi connectivity index (χ1n) is 7.09. The third-order valence-corrected chi connectivity index (χ3v) is 3.48. The van der Waals surface area contributed by atoms with Gasteiger partial charge in [-0.3, -0.25) is 4.90 Å². The molecule has 3 nitrogen and oxygen atoms in total. The van der Waals surface area contributed by atoms with E-state index < -0.39 is 0 Å². The monoisotopic (exact) mass is 299 g/mol. The fourth-order valence-electron chi connectivity index (χ4n) is 2.17. The summed E-state index contributed by atoms with van der Waals surface area (Å²) in [5.41, 5.74) is 1.49. The lowest BCUT2D eigenvalue weighted by atomic mass is 9.87. The van der Waals surface area contributed by atoms with E-state index >= 15 is 0 Å². The van der Waals surface area contributed by atoms with Crippen LogP contribution in [-0.4, -0.2) is 44.4 Å². The number of nitrogens with zero attached hydrogens (tertiary/aromatic N) is 1. The minimum atomic E-state index is 0. The second kappa shape index (κ2) is 7.87. The molecule has 1 aromatic rings. The number of rotatable bonds is 4. The normalized spacial score (nSPS) is 16.6. The minimum Gasteiger partial charge on any atom is -0.492 e. The summed E-state index contributed by atoms with van der Waals surface area (Å²) in [6.45, 7) is 12.1. The highest BCUT2D eigenvalue weighted by atomic mass is 35.5. The molecule has 4 heteroatoms. The van der Waals surface area contributed by atoms with E-state index in [4.69, 9.17) is 9.47 Å². The summed E-state index contributed by atoms with van der Waals surface area (Å²) >= 11 is 0. The maximum absolute atomic E-state index is 5.86. The van der Waals surface area contributed by atoms with Gasteiger partial charge < -0.3 is 9.47 Å². The van der Waals surface area contributed by atoms with Crippen molar-refractivity contribution in [1.29, 1.82) is 0 Å². The third-order valence-electron chi connectivity index (χ3n) is 3.48. The number of ether oxygens (including phenoxy) is 2. The lowest BCUT2D eigenvalue weighted by Gasteiger charge is -2.26. The lowest BCUT2D eigenvalue weighted by molar-refractivity contribution is 0.0322. The van der Waals surface area contributed by atoms with Gasteiger partial charge in [-0.2, -0.15) is 0 Å². The van der Waals surface area contributed by atoms with E-state index in [1.807, 2.05) is 6.07 Å². The molecular formula is C16H26ClNO2. The second-order valence-electron chi connectivity index (χ2n) is 6.08. The molecule has 0 unspecified atom stereocenters. The van der Waals surface area contributed by atoms with Crippen molar-refractivity contribution < 1.29 is 9.47 Å². The van der Waals surface area contributed by atoms with Crippen LogP contribution in [0.4, 0.5) is 0 Å². The quantitative estimate of drug-likeness (QED) is 0.853. The molecule has 0 N–H and O–H groups in total. The molecule has 0 bridgehead atoms. The highest BCUT2D eigenvalue weighted by Gasteiger charge is 2.14. The molecule has 0 radical (unpaired) electrons. The van der Waals surface area contributed by atoms with Crippen LogP contribution >= 0.6 is 12.4 Å². The van der Waals surface area contributed by atoms with Gasteiger partial charge in [0, 0.05) is 19.6 Å². The number of hydrogen-bond donors (Lipinski definition) is 0. The Morgan fingerprint density at radius 2 is 1.90 bits per heavy atom. The predicted octanol–water partition coefficient (Wildman–Crippen LogP) is 3.12. The molecule has 1 aromatic carbocycles. The van der Waals surface area contributed by atoms with E-state index in [2.05, 4.69) is 43.9 Å². The number of benzene rings is 1. The van der Waals surface area contributed by atoms with Gasteiger partial charge in [0.2, 0.25) is 0 Å². The first-order valence-corrected chi connectivity index (χ1v) is 7.09. The zero-order chi connectivity index (χ0) is 13.7. The highest BCUT2D eigenvalue weighted by Crippen LogP contribution is 2.25. The summed E-state index contributed by atoms with van der Waals surface area (Å²) in [6, 6.07) is 8.42. The molecule has 1 saturated heterocycles. The van der Waals surface area contributed by atoms with Gasteiger partial charge in [0.05, 0.1) is 13.2 Å². The van der Waals surface area contributed by atoms with Crippen LogP contribution in [0.5, 0.6) is 5.75 Å². The second-order valence-corrected chi connectivity index (χ2v) is 6.08. The molecule has 0 spiro atoms. The fourth-order valence-corrected chi connectivity index (χ4v) is 2.17. The molecule has 114 valence electrons. The van der Waals surface area contributed by atoms with Gasteiger partial charge in [-0.25, -0.2) is 0 Å². The Morgan fingerprint density at radius 3 is 2.55 bits per heavy atom. The minimum absolute atomic E-state index is 0. The predicted molar refractivity (Wildman–Crippen MR) is 85.1 cm³/mol. The number of halogens is 1. The van der Waals surface area contributed by atoms with Crippen LogP contribution in [0.25, 0.3) is 0 Å². The van der Waals surface area contributed by atoms with Crippen LogP contribution in [0, 0.1) is 0 Å². The van der Waals surface area contributed by atoms with E-state index in [1.54, 1.807) is 0 Å². The van der Waals surface area contributed by atoms with Gasteiger partial charge in [-0.1, -0.05) is 32.9 Å². The molecule has 0 aliphatic carbocycles. The Bertz CT molecular complexity index is 398. The van der Waals surface area contributed by atoms with Crippen molar-refractivity contribution in [3.63, 3.8) is 0 Å². The molecule has 0 saturated carbocycles. The molecule has 1 fully saturated rings. The summed E-state index contributed by atoms with van der Waals surface area (Å²) in [4.78, 5) is 2.39. The van der Waals surface area contributed by atoms with Crippen LogP contribution < -0.4 is 4.74 Å². The summed E-state index contributed by atoms with van der Waals surface area (Å²) in [5.74, 6) is 0.973. The van der Waals surface area contributed by atoms with E-state index in [1.165, 1.54) is 5.56 Å². The summed E-state index contributed by atoms with van der Waals surface area (Å²) in [7, 11) is 0. The van der Waals surface area contributed by atoms with Crippen molar-refractivity contribution in [2.45, 2.75) is 26.2 Å². The smallest absolute Gasteiger partial charge is 0.119 e. The van der Waals surface area contributed by atoms with E-state index in [9.17, 15) is 0 Å². The molecule has 20 heavy (non-hydrogen) atoms. The van der Waals surface area contributed by atoms with Gasteiger partial charge in [-0.05, 0) is 23.1 Å². The first kappa shape index (κ1) is 17.3. The van der Waals surface area contributed by atoms with Crippen molar-refractivity contribution in [1.82, 2.24) is 4.90 Å². The molecule has 0 atom stereocenters. The summed E-state index contributed by atoms with van der Waals surface area (Å²) < 4.78 is 11.2. The molecule has 1 aliphatic rings. The fraction of sp³-hybridized carbons (Fsp3) is 0.625. The van der Waals surface area contributed by atoms with E-state index in [0.717, 1.165) is 45.2 Å². The van der Waals surface area contributed by atoms with Crippen LogP contribution in [0.2, 0.25) is 0 Å². The van der Waals surface area contributed by atoms with Gasteiger partial charge in [0.25, 0.3) is 0 Å². The Morgan fingerprint density at radius 1 is 1.20 bits per heavy atom. The van der Waals surface area contributed by atoms with Crippen molar-refractivity contribution in [3.05, 3.63) is 29.8 Å². The molecule has 0 aromatic heterocycles. The average molecular weight is 300 g/mol. The van der Waals surface area contributed by atoms with E-state index in [-0.39, 0.29) is 17.8 Å². The topological polar surface area (TPSA) is 21.7 Å². The van der Waals surface area contributed by atoms with Crippen LogP contribution in [0.15, 0.2) is 24.3 Å². The molecule has 1 heterocycles. The van der Waals surface area contributed by atoms with E-state index in [0.29, 0.717) is 0 Å². The molecule has 0 amide bonds. The zero-order valence-electron chi connectivity index (χ0n) is 12.7. The first-order chi connectivity index (χ1) is 9.05. The van der Waals surface area contributed by atoms with Crippen molar-refractivity contribution >= 4 is 12.4 Å². The number of morpholine rings is 1. The molecule has 1 aliphatic heterocycles. The Balaban J connectivity index is 0.00000200. The van der Waals surface area contributed by atoms with Crippen LogP contribution in [0.1, 0.15) is 26.3 Å². The Labute approximate surface area is 128 Å². The summed E-state index contributed by atoms with van der Waals surface area (Å²) in [5, 5.41) is 0. The Hall–Kier alpha value is -0.770. The van der Waals surface area contributed by atoms with Gasteiger partial charge in [0.15, 0.2) is 0 Å². The summed E-state index contributed by atoms with van der Waals surface area (Å²) in [6.07, 6.45) is 0. The standard InChI is InChI=1S/C16H25NO2.ClH/c1-16(2,3)14-5-4-6-15(13-14)19-12-9-17-7-10-18-11-8-17;/h4-6,13H,7-12H2,1-3H3;1H. The van der Waals surface area contributed by atoms with Gasteiger partial charge >= 0.3 is 0 Å². The van der Waals surface area contributed by atoms with Gasteiger partial charge in [0.1, 0.15) is 12.4 Å².